The second-order valence-electron chi connectivity index (χ2n) is 6.82. The summed E-state index contributed by atoms with van der Waals surface area (Å²) in [5.41, 5.74) is 0. The van der Waals surface area contributed by atoms with Crippen molar-refractivity contribution in [3.63, 3.8) is 0 Å². The van der Waals surface area contributed by atoms with Gasteiger partial charge in [0.1, 0.15) is 0 Å². The molecule has 0 radical (unpaired) electrons. The van der Waals surface area contributed by atoms with Crippen molar-refractivity contribution in [2.24, 2.45) is 5.92 Å². The number of carbonyl (C=O) groups is 1. The van der Waals surface area contributed by atoms with Crippen molar-refractivity contribution in [2.75, 3.05) is 6.54 Å². The quantitative estimate of drug-likeness (QED) is 0.746. The van der Waals surface area contributed by atoms with Gasteiger partial charge in [-0.25, -0.2) is 0 Å². The molecule has 2 aliphatic rings. The molecule has 0 aliphatic heterocycles. The van der Waals surface area contributed by atoms with Gasteiger partial charge in [-0.05, 0) is 38.0 Å². The van der Waals surface area contributed by atoms with Gasteiger partial charge in [-0.2, -0.15) is 0 Å². The van der Waals surface area contributed by atoms with Crippen molar-refractivity contribution in [1.29, 1.82) is 0 Å². The van der Waals surface area contributed by atoms with Crippen molar-refractivity contribution in [3.8, 4) is 0 Å². The van der Waals surface area contributed by atoms with Crippen LogP contribution in [-0.2, 0) is 4.79 Å². The first-order valence-corrected chi connectivity index (χ1v) is 8.68. The number of nitrogens with zero attached hydrogens (tertiary/aromatic N) is 1. The average molecular weight is 281 g/mol. The van der Waals surface area contributed by atoms with Gasteiger partial charge in [0.05, 0.1) is 6.54 Å². The molecule has 0 aromatic carbocycles. The van der Waals surface area contributed by atoms with E-state index in [4.69, 9.17) is 0 Å². The molecule has 20 heavy (non-hydrogen) atoms. The minimum absolute atomic E-state index is 0.258. The highest BCUT2D eigenvalue weighted by atomic mass is 16.4. The summed E-state index contributed by atoms with van der Waals surface area (Å²) in [7, 11) is 0. The Kier molecular flexibility index (Phi) is 6.34. The number of hydrogen-bond donors (Lipinski definition) is 1. The first-order valence-electron chi connectivity index (χ1n) is 8.68. The van der Waals surface area contributed by atoms with Gasteiger partial charge in [0, 0.05) is 12.1 Å². The zero-order chi connectivity index (χ0) is 14.4. The lowest BCUT2D eigenvalue weighted by Gasteiger charge is -2.35. The third-order valence-corrected chi connectivity index (χ3v) is 5.34. The van der Waals surface area contributed by atoms with Crippen LogP contribution < -0.4 is 0 Å². The average Bonchev–Trinajstić information content (AvgIpc) is 2.84. The maximum atomic E-state index is 11.2. The summed E-state index contributed by atoms with van der Waals surface area (Å²) >= 11 is 0. The summed E-state index contributed by atoms with van der Waals surface area (Å²) in [6.07, 6.45) is 14.0. The number of carboxylic acids is 1. The summed E-state index contributed by atoms with van der Waals surface area (Å²) in [6, 6.07) is 1.06. The molecule has 2 rings (SSSR count). The van der Waals surface area contributed by atoms with E-state index in [9.17, 15) is 9.90 Å². The Labute approximate surface area is 123 Å². The maximum absolute atomic E-state index is 11.2. The summed E-state index contributed by atoms with van der Waals surface area (Å²) in [4.78, 5) is 13.6. The highest BCUT2D eigenvalue weighted by Gasteiger charge is 2.31. The van der Waals surface area contributed by atoms with Crippen LogP contribution in [0.25, 0.3) is 0 Å². The molecular weight excluding hydrogens is 250 g/mol. The van der Waals surface area contributed by atoms with Crippen LogP contribution in [0.4, 0.5) is 0 Å². The number of hydrogen-bond acceptors (Lipinski definition) is 2. The fourth-order valence-corrected chi connectivity index (χ4v) is 4.34. The first-order chi connectivity index (χ1) is 9.70. The zero-order valence-electron chi connectivity index (χ0n) is 13.0. The second-order valence-corrected chi connectivity index (χ2v) is 6.82. The predicted molar refractivity (Wildman–Crippen MR) is 81.9 cm³/mol. The van der Waals surface area contributed by atoms with Crippen LogP contribution in [0.3, 0.4) is 0 Å². The number of rotatable bonds is 6. The molecule has 3 nitrogen and oxygen atoms in total. The Morgan fingerprint density at radius 3 is 2.30 bits per heavy atom. The number of carboxylic acid groups (broad SMARTS) is 1. The smallest absolute Gasteiger partial charge is 0.317 e. The molecule has 2 saturated carbocycles. The standard InChI is InChI=1S/C17H31NO2/c1-2-6-14-7-5-10-16(12-11-14)18(13-17(19)20)15-8-3-4-9-15/h14-16H,2-13H2,1H3,(H,19,20). The summed E-state index contributed by atoms with van der Waals surface area (Å²) < 4.78 is 0. The van der Waals surface area contributed by atoms with Crippen molar-refractivity contribution in [2.45, 2.75) is 89.6 Å². The van der Waals surface area contributed by atoms with E-state index in [0.29, 0.717) is 12.1 Å². The molecule has 2 atom stereocenters. The molecule has 1 N–H and O–H groups in total. The van der Waals surface area contributed by atoms with Crippen LogP contribution in [-0.4, -0.2) is 34.6 Å². The van der Waals surface area contributed by atoms with Crippen molar-refractivity contribution >= 4 is 5.97 Å². The van der Waals surface area contributed by atoms with Crippen molar-refractivity contribution < 1.29 is 9.90 Å². The molecule has 0 aromatic rings. The normalized spacial score (nSPS) is 28.7. The molecule has 0 bridgehead atoms. The minimum atomic E-state index is -0.647. The van der Waals surface area contributed by atoms with Gasteiger partial charge >= 0.3 is 5.97 Å². The molecule has 2 aliphatic carbocycles. The van der Waals surface area contributed by atoms with E-state index < -0.39 is 5.97 Å². The van der Waals surface area contributed by atoms with Gasteiger partial charge in [-0.1, -0.05) is 45.4 Å². The van der Waals surface area contributed by atoms with Crippen molar-refractivity contribution in [3.05, 3.63) is 0 Å². The van der Waals surface area contributed by atoms with E-state index >= 15 is 0 Å². The molecule has 0 spiro atoms. The highest BCUT2D eigenvalue weighted by Crippen LogP contribution is 2.33. The Balaban J connectivity index is 1.95. The van der Waals surface area contributed by atoms with E-state index in [1.807, 2.05) is 0 Å². The van der Waals surface area contributed by atoms with Gasteiger partial charge in [0.2, 0.25) is 0 Å². The zero-order valence-corrected chi connectivity index (χ0v) is 13.0. The molecular formula is C17H31NO2. The third kappa shape index (κ3) is 4.47. The molecule has 0 amide bonds. The fourth-order valence-electron chi connectivity index (χ4n) is 4.34. The van der Waals surface area contributed by atoms with Gasteiger partial charge in [0.25, 0.3) is 0 Å². The van der Waals surface area contributed by atoms with Gasteiger partial charge in [0.15, 0.2) is 0 Å². The Bertz CT molecular complexity index is 299. The van der Waals surface area contributed by atoms with Crippen molar-refractivity contribution in [1.82, 2.24) is 4.90 Å². The first kappa shape index (κ1) is 15.8. The lowest BCUT2D eigenvalue weighted by atomic mass is 9.95. The van der Waals surface area contributed by atoms with Crippen LogP contribution in [0.5, 0.6) is 0 Å². The van der Waals surface area contributed by atoms with Crippen LogP contribution >= 0.6 is 0 Å². The van der Waals surface area contributed by atoms with Crippen LogP contribution in [0.1, 0.15) is 77.6 Å². The lowest BCUT2D eigenvalue weighted by molar-refractivity contribution is -0.139. The Morgan fingerprint density at radius 1 is 1.00 bits per heavy atom. The van der Waals surface area contributed by atoms with Gasteiger partial charge in [-0.15, -0.1) is 0 Å². The summed E-state index contributed by atoms with van der Waals surface area (Å²) in [5.74, 6) is 0.242. The number of aliphatic carboxylic acids is 1. The van der Waals surface area contributed by atoms with E-state index in [-0.39, 0.29) is 6.54 Å². The molecule has 116 valence electrons. The van der Waals surface area contributed by atoms with E-state index in [2.05, 4.69) is 11.8 Å². The largest absolute Gasteiger partial charge is 0.480 e. The molecule has 2 unspecified atom stereocenters. The highest BCUT2D eigenvalue weighted by molar-refractivity contribution is 5.69. The van der Waals surface area contributed by atoms with E-state index in [1.165, 1.54) is 70.6 Å². The van der Waals surface area contributed by atoms with Crippen LogP contribution in [0.2, 0.25) is 0 Å². The van der Waals surface area contributed by atoms with Crippen LogP contribution in [0, 0.1) is 5.92 Å². The molecule has 2 fully saturated rings. The summed E-state index contributed by atoms with van der Waals surface area (Å²) in [5, 5.41) is 9.24. The van der Waals surface area contributed by atoms with E-state index in [1.54, 1.807) is 0 Å². The Hall–Kier alpha value is -0.570. The Morgan fingerprint density at radius 2 is 1.65 bits per heavy atom. The maximum Gasteiger partial charge on any atom is 0.317 e. The van der Waals surface area contributed by atoms with E-state index in [0.717, 1.165) is 5.92 Å². The summed E-state index contributed by atoms with van der Waals surface area (Å²) in [6.45, 7) is 2.53. The van der Waals surface area contributed by atoms with Gasteiger partial charge < -0.3 is 5.11 Å². The predicted octanol–water partition coefficient (Wildman–Crippen LogP) is 4.06. The monoisotopic (exact) mass is 281 g/mol. The van der Waals surface area contributed by atoms with Crippen LogP contribution in [0.15, 0.2) is 0 Å². The molecule has 0 aromatic heterocycles. The lowest BCUT2D eigenvalue weighted by Crippen LogP contribution is -2.44. The second kappa shape index (κ2) is 8.02. The third-order valence-electron chi connectivity index (χ3n) is 5.34. The minimum Gasteiger partial charge on any atom is -0.480 e. The van der Waals surface area contributed by atoms with Gasteiger partial charge in [-0.3, -0.25) is 9.69 Å². The molecule has 3 heteroatoms. The molecule has 0 heterocycles. The topological polar surface area (TPSA) is 40.5 Å². The SMILES string of the molecule is CCCC1CCCC(N(CC(=O)O)C2CCCC2)CC1. The fraction of sp³-hybridized carbons (Fsp3) is 0.941. The molecule has 0 saturated heterocycles.